The first-order valence-electron chi connectivity index (χ1n) is 6.77. The van der Waals surface area contributed by atoms with Crippen molar-refractivity contribution in [3.63, 3.8) is 0 Å². The molecule has 1 atom stereocenters. The molecule has 20 heavy (non-hydrogen) atoms. The lowest BCUT2D eigenvalue weighted by Crippen LogP contribution is -2.52. The third kappa shape index (κ3) is 2.65. The summed E-state index contributed by atoms with van der Waals surface area (Å²) in [6.07, 6.45) is 0. The molecule has 0 saturated carbocycles. The average Bonchev–Trinajstić information content (AvgIpc) is 2.46. The number of nitrogens with one attached hydrogen (secondary N) is 1. The Labute approximate surface area is 125 Å². The molecule has 0 bridgehead atoms. The Hall–Kier alpha value is -1.58. The van der Waals surface area contributed by atoms with Crippen molar-refractivity contribution >= 4 is 29.1 Å². The van der Waals surface area contributed by atoms with Crippen molar-refractivity contribution in [3.05, 3.63) is 48.0 Å². The molecule has 1 saturated heterocycles. The maximum atomic E-state index is 12.7. The number of halogens is 1. The van der Waals surface area contributed by atoms with E-state index in [4.69, 9.17) is 0 Å². The van der Waals surface area contributed by atoms with E-state index in [0.29, 0.717) is 0 Å². The predicted octanol–water partition coefficient (Wildman–Crippen LogP) is 2.70. The molecule has 0 aromatic heterocycles. The van der Waals surface area contributed by atoms with E-state index in [1.54, 1.807) is 0 Å². The summed E-state index contributed by atoms with van der Waals surface area (Å²) in [5, 5.41) is 5.48. The number of piperazine rings is 1. The van der Waals surface area contributed by atoms with Crippen molar-refractivity contribution in [3.8, 4) is 0 Å². The van der Waals surface area contributed by atoms with Crippen LogP contribution in [0, 0.1) is 0 Å². The van der Waals surface area contributed by atoms with Crippen LogP contribution in [0.2, 0.25) is 0 Å². The molecule has 3 rings (SSSR count). The van der Waals surface area contributed by atoms with Crippen LogP contribution in [-0.4, -0.2) is 36.5 Å². The van der Waals surface area contributed by atoms with Gasteiger partial charge in [0.15, 0.2) is 0 Å². The van der Waals surface area contributed by atoms with E-state index < -0.39 is 0 Å². The minimum absolute atomic E-state index is 0. The van der Waals surface area contributed by atoms with E-state index in [-0.39, 0.29) is 24.4 Å². The second-order valence-electron chi connectivity index (χ2n) is 5.08. The lowest BCUT2D eigenvalue weighted by atomic mass is 10.0. The standard InChI is InChI=1S/C16H18N2O.ClH/c1-12-11-17-9-10-18(12)16(19)15-8-4-6-13-5-2-3-7-14(13)15;/h2-8,12,17H,9-11H2,1H3;1H/t12-;/m0./s1. The molecule has 1 N–H and O–H groups in total. The summed E-state index contributed by atoms with van der Waals surface area (Å²) < 4.78 is 0. The molecule has 0 aliphatic carbocycles. The van der Waals surface area contributed by atoms with Gasteiger partial charge in [-0.2, -0.15) is 0 Å². The summed E-state index contributed by atoms with van der Waals surface area (Å²) in [4.78, 5) is 14.7. The third-order valence-corrected chi connectivity index (χ3v) is 3.78. The van der Waals surface area contributed by atoms with Crippen LogP contribution in [-0.2, 0) is 0 Å². The normalized spacial score (nSPS) is 18.6. The van der Waals surface area contributed by atoms with Gasteiger partial charge >= 0.3 is 0 Å². The number of hydrogen-bond donors (Lipinski definition) is 1. The summed E-state index contributed by atoms with van der Waals surface area (Å²) in [5.41, 5.74) is 0.812. The first-order valence-corrected chi connectivity index (χ1v) is 6.77. The Balaban J connectivity index is 0.00000147. The zero-order chi connectivity index (χ0) is 13.2. The van der Waals surface area contributed by atoms with Gasteiger partial charge in [-0.25, -0.2) is 0 Å². The van der Waals surface area contributed by atoms with Crippen LogP contribution < -0.4 is 5.32 Å². The number of nitrogens with zero attached hydrogens (tertiary/aromatic N) is 1. The summed E-state index contributed by atoms with van der Waals surface area (Å²) in [7, 11) is 0. The molecule has 1 amide bonds. The van der Waals surface area contributed by atoms with Crippen LogP contribution >= 0.6 is 12.4 Å². The SMILES string of the molecule is C[C@H]1CNCCN1C(=O)c1cccc2ccccc12.Cl. The van der Waals surface area contributed by atoms with Crippen molar-refractivity contribution in [2.75, 3.05) is 19.6 Å². The number of amides is 1. The van der Waals surface area contributed by atoms with Gasteiger partial charge in [0, 0.05) is 31.2 Å². The summed E-state index contributed by atoms with van der Waals surface area (Å²) in [5.74, 6) is 0.144. The molecule has 4 heteroatoms. The smallest absolute Gasteiger partial charge is 0.254 e. The maximum absolute atomic E-state index is 12.7. The Morgan fingerprint density at radius 3 is 2.75 bits per heavy atom. The topological polar surface area (TPSA) is 32.3 Å². The highest BCUT2D eigenvalue weighted by atomic mass is 35.5. The number of benzene rings is 2. The molecule has 2 aromatic carbocycles. The zero-order valence-corrected chi connectivity index (χ0v) is 12.3. The quantitative estimate of drug-likeness (QED) is 0.876. The molecular formula is C16H19ClN2O. The Kier molecular flexibility index (Phi) is 4.63. The van der Waals surface area contributed by atoms with Crippen molar-refractivity contribution in [1.29, 1.82) is 0 Å². The second kappa shape index (κ2) is 6.25. The maximum Gasteiger partial charge on any atom is 0.254 e. The fourth-order valence-corrected chi connectivity index (χ4v) is 2.71. The van der Waals surface area contributed by atoms with Gasteiger partial charge in [0.05, 0.1) is 0 Å². The molecule has 0 unspecified atom stereocenters. The number of hydrogen-bond acceptors (Lipinski definition) is 2. The minimum Gasteiger partial charge on any atom is -0.333 e. The third-order valence-electron chi connectivity index (χ3n) is 3.78. The van der Waals surface area contributed by atoms with Crippen molar-refractivity contribution in [2.24, 2.45) is 0 Å². The molecule has 2 aromatic rings. The van der Waals surface area contributed by atoms with Gasteiger partial charge in [-0.05, 0) is 23.8 Å². The van der Waals surface area contributed by atoms with E-state index in [1.165, 1.54) is 0 Å². The van der Waals surface area contributed by atoms with Crippen molar-refractivity contribution in [1.82, 2.24) is 10.2 Å². The highest BCUT2D eigenvalue weighted by Gasteiger charge is 2.24. The van der Waals surface area contributed by atoms with Gasteiger partial charge < -0.3 is 10.2 Å². The van der Waals surface area contributed by atoms with E-state index in [0.717, 1.165) is 36.0 Å². The van der Waals surface area contributed by atoms with Crippen LogP contribution in [0.1, 0.15) is 17.3 Å². The fourth-order valence-electron chi connectivity index (χ4n) is 2.71. The van der Waals surface area contributed by atoms with Crippen LogP contribution in [0.4, 0.5) is 0 Å². The van der Waals surface area contributed by atoms with Crippen LogP contribution in [0.15, 0.2) is 42.5 Å². The number of rotatable bonds is 1. The highest BCUT2D eigenvalue weighted by molar-refractivity contribution is 6.07. The summed E-state index contributed by atoms with van der Waals surface area (Å²) in [6.45, 7) is 4.62. The first kappa shape index (κ1) is 14.8. The fraction of sp³-hybridized carbons (Fsp3) is 0.312. The molecule has 1 aliphatic heterocycles. The molecular weight excluding hydrogens is 272 g/mol. The van der Waals surface area contributed by atoms with E-state index >= 15 is 0 Å². The van der Waals surface area contributed by atoms with Gasteiger partial charge in [-0.15, -0.1) is 12.4 Å². The first-order chi connectivity index (χ1) is 9.27. The van der Waals surface area contributed by atoms with E-state index in [2.05, 4.69) is 12.2 Å². The Morgan fingerprint density at radius 2 is 1.95 bits per heavy atom. The molecule has 0 spiro atoms. The minimum atomic E-state index is 0. The highest BCUT2D eigenvalue weighted by Crippen LogP contribution is 2.21. The van der Waals surface area contributed by atoms with E-state index in [9.17, 15) is 4.79 Å². The van der Waals surface area contributed by atoms with Gasteiger partial charge in [-0.3, -0.25) is 4.79 Å². The largest absolute Gasteiger partial charge is 0.333 e. The van der Waals surface area contributed by atoms with Gasteiger partial charge in [0.2, 0.25) is 0 Å². The van der Waals surface area contributed by atoms with Gasteiger partial charge in [0.25, 0.3) is 5.91 Å². The zero-order valence-electron chi connectivity index (χ0n) is 11.5. The van der Waals surface area contributed by atoms with Gasteiger partial charge in [-0.1, -0.05) is 36.4 Å². The van der Waals surface area contributed by atoms with Gasteiger partial charge in [0.1, 0.15) is 0 Å². The molecule has 1 aliphatic rings. The Morgan fingerprint density at radius 1 is 1.20 bits per heavy atom. The monoisotopic (exact) mass is 290 g/mol. The molecule has 1 heterocycles. The number of fused-ring (bicyclic) bond motifs is 1. The molecule has 106 valence electrons. The van der Waals surface area contributed by atoms with Crippen LogP contribution in [0.3, 0.4) is 0 Å². The second-order valence-corrected chi connectivity index (χ2v) is 5.08. The average molecular weight is 291 g/mol. The van der Waals surface area contributed by atoms with Crippen LogP contribution in [0.25, 0.3) is 10.8 Å². The molecule has 0 radical (unpaired) electrons. The summed E-state index contributed by atoms with van der Waals surface area (Å²) >= 11 is 0. The number of carbonyl (C=O) groups is 1. The molecule has 1 fully saturated rings. The summed E-state index contributed by atoms with van der Waals surface area (Å²) in [6, 6.07) is 14.3. The number of carbonyl (C=O) groups excluding carboxylic acids is 1. The van der Waals surface area contributed by atoms with Crippen LogP contribution in [0.5, 0.6) is 0 Å². The van der Waals surface area contributed by atoms with Crippen molar-refractivity contribution in [2.45, 2.75) is 13.0 Å². The lowest BCUT2D eigenvalue weighted by Gasteiger charge is -2.34. The Bertz CT molecular complexity index is 609. The van der Waals surface area contributed by atoms with E-state index in [1.807, 2.05) is 47.4 Å². The molecule has 3 nitrogen and oxygen atoms in total. The predicted molar refractivity (Wildman–Crippen MR) is 84.6 cm³/mol. The van der Waals surface area contributed by atoms with Crippen molar-refractivity contribution < 1.29 is 4.79 Å². The lowest BCUT2D eigenvalue weighted by molar-refractivity contribution is 0.0658.